The van der Waals surface area contributed by atoms with Crippen molar-refractivity contribution in [1.29, 1.82) is 0 Å². The van der Waals surface area contributed by atoms with E-state index in [0.717, 1.165) is 24.3 Å². The van der Waals surface area contributed by atoms with Crippen molar-refractivity contribution in [3.63, 3.8) is 0 Å². The Morgan fingerprint density at radius 2 is 2.11 bits per heavy atom. The molecule has 0 spiro atoms. The van der Waals surface area contributed by atoms with Crippen LogP contribution < -0.4 is 5.32 Å². The number of aryl methyl sites for hydroxylation is 1. The van der Waals surface area contributed by atoms with E-state index in [2.05, 4.69) is 41.2 Å². The van der Waals surface area contributed by atoms with Crippen molar-refractivity contribution >= 4 is 28.0 Å². The topological polar surface area (TPSA) is 25.2 Å². The molecule has 0 bridgehead atoms. The lowest BCUT2D eigenvalue weighted by Gasteiger charge is -2.04. The lowest BCUT2D eigenvalue weighted by atomic mass is 10.1. The molecule has 0 saturated carbocycles. The number of anilines is 1. The molecule has 3 aromatic rings. The van der Waals surface area contributed by atoms with Crippen LogP contribution in [-0.2, 0) is 13.0 Å². The Bertz CT molecular complexity index is 640. The molecule has 0 aliphatic heterocycles. The molecule has 0 amide bonds. The summed E-state index contributed by atoms with van der Waals surface area (Å²) in [6, 6.07) is 10.3. The van der Waals surface area contributed by atoms with Gasteiger partial charge in [0.05, 0.1) is 0 Å². The van der Waals surface area contributed by atoms with E-state index in [4.69, 9.17) is 4.42 Å². The summed E-state index contributed by atoms with van der Waals surface area (Å²) >= 11 is 1.70. The smallest absolute Gasteiger partial charge is 0.134 e. The van der Waals surface area contributed by atoms with Crippen LogP contribution >= 0.6 is 11.3 Å². The van der Waals surface area contributed by atoms with Gasteiger partial charge in [-0.2, -0.15) is 11.3 Å². The molecule has 3 heteroatoms. The first-order valence-electron chi connectivity index (χ1n) is 6.14. The number of furan rings is 1. The predicted molar refractivity (Wildman–Crippen MR) is 77.2 cm³/mol. The average molecular weight is 257 g/mol. The van der Waals surface area contributed by atoms with E-state index in [0.29, 0.717) is 0 Å². The molecule has 0 saturated heterocycles. The van der Waals surface area contributed by atoms with Gasteiger partial charge in [0.25, 0.3) is 0 Å². The number of para-hydroxylation sites is 1. The van der Waals surface area contributed by atoms with Crippen molar-refractivity contribution in [2.75, 3.05) is 5.32 Å². The molecular weight excluding hydrogens is 242 g/mol. The van der Waals surface area contributed by atoms with Gasteiger partial charge in [-0.15, -0.1) is 0 Å². The Morgan fingerprint density at radius 3 is 2.89 bits per heavy atom. The number of hydrogen-bond donors (Lipinski definition) is 1. The second-order valence-corrected chi connectivity index (χ2v) is 5.00. The highest BCUT2D eigenvalue weighted by Gasteiger charge is 2.11. The van der Waals surface area contributed by atoms with Crippen LogP contribution in [0.1, 0.15) is 18.2 Å². The summed E-state index contributed by atoms with van der Waals surface area (Å²) in [6.07, 6.45) is 0.926. The van der Waals surface area contributed by atoms with Crippen LogP contribution in [0.3, 0.4) is 0 Å². The predicted octanol–water partition coefficient (Wildman–Crippen LogP) is 4.67. The van der Waals surface area contributed by atoms with Gasteiger partial charge in [0.1, 0.15) is 11.3 Å². The molecule has 0 atom stereocenters. The molecular formula is C15H15NOS. The molecule has 3 rings (SSSR count). The van der Waals surface area contributed by atoms with Crippen molar-refractivity contribution < 1.29 is 4.42 Å². The maximum Gasteiger partial charge on any atom is 0.134 e. The summed E-state index contributed by atoms with van der Waals surface area (Å²) in [6.45, 7) is 2.95. The van der Waals surface area contributed by atoms with Gasteiger partial charge < -0.3 is 9.73 Å². The van der Waals surface area contributed by atoms with Crippen molar-refractivity contribution in [3.8, 4) is 0 Å². The van der Waals surface area contributed by atoms with Gasteiger partial charge in [-0.05, 0) is 17.5 Å². The minimum atomic E-state index is 0.816. The van der Waals surface area contributed by atoms with Gasteiger partial charge in [0.2, 0.25) is 0 Å². The molecule has 0 unspecified atom stereocenters. The Balaban J connectivity index is 1.94. The molecule has 2 nitrogen and oxygen atoms in total. The zero-order chi connectivity index (χ0) is 12.4. The van der Waals surface area contributed by atoms with Crippen molar-refractivity contribution in [2.45, 2.75) is 19.9 Å². The van der Waals surface area contributed by atoms with Gasteiger partial charge >= 0.3 is 0 Å². The van der Waals surface area contributed by atoms with Gasteiger partial charge in [-0.25, -0.2) is 0 Å². The lowest BCUT2D eigenvalue weighted by Crippen LogP contribution is -1.99. The van der Waals surface area contributed by atoms with E-state index in [-0.39, 0.29) is 0 Å². The average Bonchev–Trinajstić information content (AvgIpc) is 3.03. The van der Waals surface area contributed by atoms with E-state index >= 15 is 0 Å². The molecule has 2 heterocycles. The lowest BCUT2D eigenvalue weighted by molar-refractivity contribution is 0.551. The maximum absolute atomic E-state index is 5.88. The summed E-state index contributed by atoms with van der Waals surface area (Å²) < 4.78 is 5.88. The van der Waals surface area contributed by atoms with Gasteiger partial charge in [0, 0.05) is 35.0 Å². The van der Waals surface area contributed by atoms with E-state index in [9.17, 15) is 0 Å². The zero-order valence-corrected chi connectivity index (χ0v) is 11.1. The molecule has 0 fully saturated rings. The van der Waals surface area contributed by atoms with E-state index in [1.807, 2.05) is 12.1 Å². The van der Waals surface area contributed by atoms with Crippen molar-refractivity contribution in [2.24, 2.45) is 0 Å². The first kappa shape index (κ1) is 11.4. The first-order chi connectivity index (χ1) is 8.88. The van der Waals surface area contributed by atoms with Crippen molar-refractivity contribution in [3.05, 3.63) is 52.4 Å². The van der Waals surface area contributed by atoms with Gasteiger partial charge in [-0.1, -0.05) is 25.1 Å². The fourth-order valence-electron chi connectivity index (χ4n) is 2.18. The number of rotatable bonds is 4. The summed E-state index contributed by atoms with van der Waals surface area (Å²) in [7, 11) is 0. The molecule has 1 N–H and O–H groups in total. The Hall–Kier alpha value is -1.74. The molecule has 0 aliphatic carbocycles. The Kier molecular flexibility index (Phi) is 3.07. The minimum absolute atomic E-state index is 0.816. The third-order valence-corrected chi connectivity index (χ3v) is 3.78. The summed E-state index contributed by atoms with van der Waals surface area (Å²) in [5.41, 5.74) is 3.43. The van der Waals surface area contributed by atoms with E-state index in [1.165, 1.54) is 16.6 Å². The first-order valence-corrected chi connectivity index (χ1v) is 7.08. The molecule has 0 radical (unpaired) electrons. The molecule has 0 aliphatic rings. The minimum Gasteiger partial charge on any atom is -0.461 e. The van der Waals surface area contributed by atoms with Gasteiger partial charge in [-0.3, -0.25) is 0 Å². The quantitative estimate of drug-likeness (QED) is 0.734. The van der Waals surface area contributed by atoms with Crippen molar-refractivity contribution in [1.82, 2.24) is 0 Å². The Morgan fingerprint density at radius 1 is 1.22 bits per heavy atom. The third-order valence-electron chi connectivity index (χ3n) is 3.09. The zero-order valence-electron chi connectivity index (χ0n) is 10.3. The van der Waals surface area contributed by atoms with Crippen LogP contribution in [0.5, 0.6) is 0 Å². The highest BCUT2D eigenvalue weighted by Crippen LogP contribution is 2.27. The molecule has 18 heavy (non-hydrogen) atoms. The van der Waals surface area contributed by atoms with Crippen LogP contribution in [0.4, 0.5) is 5.69 Å². The standard InChI is InChI=1S/C15H15NOS/c1-2-14-13(9-16-11-7-8-18-10-11)12-5-3-4-6-15(12)17-14/h3-8,10,16H,2,9H2,1H3. The van der Waals surface area contributed by atoms with Crippen LogP contribution in [0.2, 0.25) is 0 Å². The van der Waals surface area contributed by atoms with Crippen LogP contribution in [0, 0.1) is 0 Å². The Labute approximate surface area is 110 Å². The molecule has 92 valence electrons. The summed E-state index contributed by atoms with van der Waals surface area (Å²) in [4.78, 5) is 0. The van der Waals surface area contributed by atoms with E-state index in [1.54, 1.807) is 11.3 Å². The van der Waals surface area contributed by atoms with E-state index < -0.39 is 0 Å². The fourth-order valence-corrected chi connectivity index (χ4v) is 2.80. The number of benzene rings is 1. The number of thiophene rings is 1. The molecule has 2 aromatic heterocycles. The summed E-state index contributed by atoms with van der Waals surface area (Å²) in [5.74, 6) is 1.08. The normalized spacial score (nSPS) is 10.9. The molecule has 1 aromatic carbocycles. The second kappa shape index (κ2) is 4.86. The SMILES string of the molecule is CCc1oc2ccccc2c1CNc1ccsc1. The highest BCUT2D eigenvalue weighted by molar-refractivity contribution is 7.08. The number of fused-ring (bicyclic) bond motifs is 1. The fraction of sp³-hybridized carbons (Fsp3) is 0.200. The number of nitrogens with one attached hydrogen (secondary N) is 1. The highest BCUT2D eigenvalue weighted by atomic mass is 32.1. The monoisotopic (exact) mass is 257 g/mol. The maximum atomic E-state index is 5.88. The summed E-state index contributed by atoms with van der Waals surface area (Å²) in [5, 5.41) is 8.86. The van der Waals surface area contributed by atoms with Crippen LogP contribution in [0.15, 0.2) is 45.5 Å². The largest absolute Gasteiger partial charge is 0.461 e. The number of hydrogen-bond acceptors (Lipinski definition) is 3. The third kappa shape index (κ3) is 2.02. The van der Waals surface area contributed by atoms with Crippen LogP contribution in [0.25, 0.3) is 11.0 Å². The van der Waals surface area contributed by atoms with Crippen LogP contribution in [-0.4, -0.2) is 0 Å². The second-order valence-electron chi connectivity index (χ2n) is 4.22. The van der Waals surface area contributed by atoms with Gasteiger partial charge in [0.15, 0.2) is 0 Å².